The number of rotatable bonds is 5. The van der Waals surface area contributed by atoms with E-state index in [4.69, 9.17) is 0 Å². The average Bonchev–Trinajstić information content (AvgIpc) is 3.19. The Morgan fingerprint density at radius 1 is 1.45 bits per heavy atom. The first-order valence-electron chi connectivity index (χ1n) is 6.62. The van der Waals surface area contributed by atoms with Crippen molar-refractivity contribution >= 4 is 27.8 Å². The maximum Gasteiger partial charge on any atom is 0.307 e. The van der Waals surface area contributed by atoms with E-state index in [1.807, 2.05) is 31.2 Å². The molecule has 5 heteroatoms. The SMILES string of the molecule is COC(=O)CC(C)NC(=O)C1(c2cccc(Br)c2)CC1. The molecule has 108 valence electrons. The molecule has 0 saturated heterocycles. The molecule has 1 N–H and O–H groups in total. The van der Waals surface area contributed by atoms with Crippen molar-refractivity contribution in [3.8, 4) is 0 Å². The van der Waals surface area contributed by atoms with Gasteiger partial charge in [0.25, 0.3) is 0 Å². The highest BCUT2D eigenvalue weighted by Gasteiger charge is 2.51. The van der Waals surface area contributed by atoms with Crippen LogP contribution in [-0.2, 0) is 19.7 Å². The van der Waals surface area contributed by atoms with Crippen LogP contribution in [0.3, 0.4) is 0 Å². The fourth-order valence-corrected chi connectivity index (χ4v) is 2.70. The summed E-state index contributed by atoms with van der Waals surface area (Å²) < 4.78 is 5.58. The first-order chi connectivity index (χ1) is 9.48. The zero-order chi connectivity index (χ0) is 14.8. The molecule has 1 saturated carbocycles. The van der Waals surface area contributed by atoms with Crippen molar-refractivity contribution < 1.29 is 14.3 Å². The van der Waals surface area contributed by atoms with Gasteiger partial charge in [0.05, 0.1) is 18.9 Å². The van der Waals surface area contributed by atoms with Gasteiger partial charge in [0.15, 0.2) is 0 Å². The topological polar surface area (TPSA) is 55.4 Å². The van der Waals surface area contributed by atoms with Crippen molar-refractivity contribution in [2.24, 2.45) is 0 Å². The molecule has 0 spiro atoms. The molecule has 20 heavy (non-hydrogen) atoms. The second kappa shape index (κ2) is 5.95. The molecule has 1 unspecified atom stereocenters. The molecule has 0 radical (unpaired) electrons. The van der Waals surface area contributed by atoms with E-state index in [0.29, 0.717) is 0 Å². The van der Waals surface area contributed by atoms with E-state index in [-0.39, 0.29) is 24.3 Å². The Labute approximate surface area is 127 Å². The monoisotopic (exact) mass is 339 g/mol. The van der Waals surface area contributed by atoms with Crippen LogP contribution in [0.15, 0.2) is 28.7 Å². The fourth-order valence-electron chi connectivity index (χ4n) is 2.30. The van der Waals surface area contributed by atoms with Crippen LogP contribution in [0.25, 0.3) is 0 Å². The third-order valence-corrected chi connectivity index (χ3v) is 4.13. The second-order valence-electron chi connectivity index (χ2n) is 5.25. The largest absolute Gasteiger partial charge is 0.469 e. The smallest absolute Gasteiger partial charge is 0.307 e. The van der Waals surface area contributed by atoms with Crippen LogP contribution >= 0.6 is 15.9 Å². The van der Waals surface area contributed by atoms with Crippen LogP contribution < -0.4 is 5.32 Å². The lowest BCUT2D eigenvalue weighted by Gasteiger charge is -2.19. The maximum atomic E-state index is 12.4. The van der Waals surface area contributed by atoms with Crippen molar-refractivity contribution in [2.45, 2.75) is 37.6 Å². The van der Waals surface area contributed by atoms with Gasteiger partial charge in [0, 0.05) is 10.5 Å². The number of hydrogen-bond acceptors (Lipinski definition) is 3. The van der Waals surface area contributed by atoms with Gasteiger partial charge >= 0.3 is 5.97 Å². The summed E-state index contributed by atoms with van der Waals surface area (Å²) in [5.41, 5.74) is 0.600. The summed E-state index contributed by atoms with van der Waals surface area (Å²) in [5, 5.41) is 2.91. The molecule has 0 aromatic heterocycles. The summed E-state index contributed by atoms with van der Waals surface area (Å²) in [4.78, 5) is 23.6. The highest BCUT2D eigenvalue weighted by atomic mass is 79.9. The van der Waals surface area contributed by atoms with Crippen LogP contribution in [0, 0.1) is 0 Å². The zero-order valence-corrected chi connectivity index (χ0v) is 13.2. The number of ether oxygens (including phenoxy) is 1. The highest BCUT2D eigenvalue weighted by molar-refractivity contribution is 9.10. The van der Waals surface area contributed by atoms with E-state index in [0.717, 1.165) is 22.9 Å². The van der Waals surface area contributed by atoms with Crippen molar-refractivity contribution in [1.82, 2.24) is 5.32 Å². The normalized spacial score (nSPS) is 17.1. The Morgan fingerprint density at radius 3 is 2.70 bits per heavy atom. The Bertz CT molecular complexity index is 526. The molecular weight excluding hydrogens is 322 g/mol. The first-order valence-corrected chi connectivity index (χ1v) is 7.41. The number of esters is 1. The fraction of sp³-hybridized carbons (Fsp3) is 0.467. The third-order valence-electron chi connectivity index (χ3n) is 3.64. The molecule has 1 aliphatic carbocycles. The molecule has 1 amide bonds. The minimum atomic E-state index is -0.422. The van der Waals surface area contributed by atoms with E-state index in [1.165, 1.54) is 7.11 Å². The summed E-state index contributed by atoms with van der Waals surface area (Å²) >= 11 is 3.43. The van der Waals surface area contributed by atoms with Gasteiger partial charge in [-0.3, -0.25) is 9.59 Å². The van der Waals surface area contributed by atoms with Crippen LogP contribution in [-0.4, -0.2) is 25.0 Å². The van der Waals surface area contributed by atoms with Gasteiger partial charge in [0.1, 0.15) is 0 Å². The Hall–Kier alpha value is -1.36. The second-order valence-corrected chi connectivity index (χ2v) is 6.16. The van der Waals surface area contributed by atoms with Crippen LogP contribution in [0.5, 0.6) is 0 Å². The Morgan fingerprint density at radius 2 is 2.15 bits per heavy atom. The van der Waals surface area contributed by atoms with Gasteiger partial charge in [0.2, 0.25) is 5.91 Å². The summed E-state index contributed by atoms with van der Waals surface area (Å²) in [7, 11) is 1.35. The summed E-state index contributed by atoms with van der Waals surface area (Å²) in [6.45, 7) is 1.81. The molecule has 0 aliphatic heterocycles. The standard InChI is InChI=1S/C15H18BrNO3/c1-10(8-13(18)20-2)17-14(19)15(6-7-15)11-4-3-5-12(16)9-11/h3-5,9-10H,6-8H2,1-2H3,(H,17,19). The number of carbonyl (C=O) groups is 2. The van der Waals surface area contributed by atoms with Gasteiger partial charge in [-0.05, 0) is 37.5 Å². The van der Waals surface area contributed by atoms with Gasteiger partial charge in [-0.1, -0.05) is 28.1 Å². The minimum absolute atomic E-state index is 0.00740. The lowest BCUT2D eigenvalue weighted by atomic mass is 9.94. The van der Waals surface area contributed by atoms with Crippen LogP contribution in [0.4, 0.5) is 0 Å². The van der Waals surface area contributed by atoms with Crippen molar-refractivity contribution in [2.75, 3.05) is 7.11 Å². The first kappa shape index (κ1) is 15.0. The molecule has 0 bridgehead atoms. The number of methoxy groups -OCH3 is 1. The maximum absolute atomic E-state index is 12.4. The number of nitrogens with one attached hydrogen (secondary N) is 1. The summed E-state index contributed by atoms with van der Waals surface area (Å²) in [6, 6.07) is 7.61. The molecule has 1 aliphatic rings. The lowest BCUT2D eigenvalue weighted by molar-refractivity contribution is -0.141. The van der Waals surface area contributed by atoms with Gasteiger partial charge in [-0.2, -0.15) is 0 Å². The van der Waals surface area contributed by atoms with Gasteiger partial charge in [-0.15, -0.1) is 0 Å². The zero-order valence-electron chi connectivity index (χ0n) is 11.6. The Kier molecular flexibility index (Phi) is 4.48. The van der Waals surface area contributed by atoms with E-state index in [1.54, 1.807) is 0 Å². The number of hydrogen-bond donors (Lipinski definition) is 1. The molecule has 1 aromatic carbocycles. The number of amides is 1. The van der Waals surface area contributed by atoms with E-state index in [9.17, 15) is 9.59 Å². The quantitative estimate of drug-likeness (QED) is 0.838. The molecule has 1 atom stereocenters. The van der Waals surface area contributed by atoms with Crippen LogP contribution in [0.1, 0.15) is 31.7 Å². The molecule has 1 fully saturated rings. The van der Waals surface area contributed by atoms with Crippen molar-refractivity contribution in [3.63, 3.8) is 0 Å². The van der Waals surface area contributed by atoms with Crippen molar-refractivity contribution in [1.29, 1.82) is 0 Å². The number of carbonyl (C=O) groups excluding carboxylic acids is 2. The van der Waals surface area contributed by atoms with E-state index in [2.05, 4.69) is 26.0 Å². The summed E-state index contributed by atoms with van der Waals surface area (Å²) in [6.07, 6.45) is 1.89. The van der Waals surface area contributed by atoms with E-state index >= 15 is 0 Å². The summed E-state index contributed by atoms with van der Waals surface area (Å²) in [5.74, 6) is -0.322. The molecular formula is C15H18BrNO3. The minimum Gasteiger partial charge on any atom is -0.469 e. The molecule has 0 heterocycles. The predicted octanol–water partition coefficient (Wildman–Crippen LogP) is 2.55. The molecule has 1 aromatic rings. The number of benzene rings is 1. The van der Waals surface area contributed by atoms with Crippen LogP contribution in [0.2, 0.25) is 0 Å². The predicted molar refractivity (Wildman–Crippen MR) is 79.3 cm³/mol. The van der Waals surface area contributed by atoms with Gasteiger partial charge < -0.3 is 10.1 Å². The highest BCUT2D eigenvalue weighted by Crippen LogP contribution is 2.48. The lowest BCUT2D eigenvalue weighted by Crippen LogP contribution is -2.41. The Balaban J connectivity index is 2.04. The molecule has 4 nitrogen and oxygen atoms in total. The van der Waals surface area contributed by atoms with Crippen molar-refractivity contribution in [3.05, 3.63) is 34.3 Å². The van der Waals surface area contributed by atoms with E-state index < -0.39 is 5.41 Å². The average molecular weight is 340 g/mol. The third kappa shape index (κ3) is 3.20. The number of halogens is 1. The van der Waals surface area contributed by atoms with Gasteiger partial charge in [-0.25, -0.2) is 0 Å². The molecule has 2 rings (SSSR count).